The van der Waals surface area contributed by atoms with Crippen LogP contribution in [0.1, 0.15) is 0 Å². The topological polar surface area (TPSA) is 30.0 Å². The lowest BCUT2D eigenvalue weighted by molar-refractivity contribution is 1.47. The Hall–Kier alpha value is -1.74. The van der Waals surface area contributed by atoms with Crippen molar-refractivity contribution in [3.05, 3.63) is 52.1 Å². The highest BCUT2D eigenvalue weighted by Crippen LogP contribution is 2.17. The van der Waals surface area contributed by atoms with Crippen molar-refractivity contribution in [1.82, 2.24) is 4.98 Å². The van der Waals surface area contributed by atoms with Gasteiger partial charge < -0.3 is 0 Å². The lowest BCUT2D eigenvalue weighted by Gasteiger charge is -1.86. The van der Waals surface area contributed by atoms with Gasteiger partial charge in [0.2, 0.25) is 0 Å². The summed E-state index contributed by atoms with van der Waals surface area (Å²) < 4.78 is 0.941. The van der Waals surface area contributed by atoms with E-state index in [1.54, 1.807) is 17.5 Å². The molecule has 15 heavy (non-hydrogen) atoms. The van der Waals surface area contributed by atoms with Crippen molar-refractivity contribution < 1.29 is 0 Å². The van der Waals surface area contributed by atoms with Crippen molar-refractivity contribution in [2.45, 2.75) is 0 Å². The van der Waals surface area contributed by atoms with Crippen LogP contribution >= 0.6 is 11.3 Å². The minimum absolute atomic E-state index is 0.0688. The normalized spacial score (nSPS) is 10.9. The fourth-order valence-corrected chi connectivity index (χ4v) is 2.41. The van der Waals surface area contributed by atoms with E-state index in [1.807, 2.05) is 35.7 Å². The van der Waals surface area contributed by atoms with Gasteiger partial charge in [-0.25, -0.2) is 0 Å². The molecule has 0 atom stereocenters. The summed E-state index contributed by atoms with van der Waals surface area (Å²) in [7, 11) is 0. The van der Waals surface area contributed by atoms with Crippen LogP contribution in [-0.4, -0.2) is 4.98 Å². The Kier molecular flexibility index (Phi) is 1.79. The van der Waals surface area contributed by atoms with E-state index in [1.165, 1.54) is 0 Å². The Bertz CT molecular complexity index is 702. The maximum Gasteiger partial charge on any atom is 0.196 e. The zero-order chi connectivity index (χ0) is 10.3. The predicted octanol–water partition coefficient (Wildman–Crippen LogP) is 2.81. The highest BCUT2D eigenvalue weighted by molar-refractivity contribution is 7.17. The molecule has 1 aromatic carbocycles. The van der Waals surface area contributed by atoms with Crippen LogP contribution in [0.2, 0.25) is 0 Å². The van der Waals surface area contributed by atoms with Crippen molar-refractivity contribution in [2.75, 3.05) is 0 Å². The highest BCUT2D eigenvalue weighted by atomic mass is 32.1. The van der Waals surface area contributed by atoms with Crippen LogP contribution in [0.25, 0.3) is 21.0 Å². The zero-order valence-corrected chi connectivity index (χ0v) is 8.62. The minimum atomic E-state index is 0.0688. The van der Waals surface area contributed by atoms with Gasteiger partial charge in [0, 0.05) is 17.0 Å². The van der Waals surface area contributed by atoms with Crippen molar-refractivity contribution in [3.8, 4) is 0 Å². The molecule has 0 amide bonds. The Morgan fingerprint density at radius 2 is 1.93 bits per heavy atom. The Balaban J connectivity index is 2.71. The third kappa shape index (κ3) is 1.24. The van der Waals surface area contributed by atoms with Gasteiger partial charge in [-0.3, -0.25) is 9.78 Å². The molecule has 3 heteroatoms. The number of nitrogens with zero attached hydrogens (tertiary/aromatic N) is 1. The first-order valence-corrected chi connectivity index (χ1v) is 5.49. The number of thiophene rings is 1. The molecule has 0 aliphatic heterocycles. The van der Waals surface area contributed by atoms with Crippen molar-refractivity contribution in [1.29, 1.82) is 0 Å². The smallest absolute Gasteiger partial charge is 0.196 e. The molecule has 3 aromatic rings. The van der Waals surface area contributed by atoms with E-state index >= 15 is 0 Å². The third-order valence-electron chi connectivity index (χ3n) is 2.41. The van der Waals surface area contributed by atoms with Crippen LogP contribution in [0.3, 0.4) is 0 Å². The van der Waals surface area contributed by atoms with Gasteiger partial charge in [-0.2, -0.15) is 0 Å². The van der Waals surface area contributed by atoms with E-state index in [9.17, 15) is 4.79 Å². The molecule has 0 saturated carbocycles. The molecule has 0 radical (unpaired) electrons. The average Bonchev–Trinajstić information content (AvgIpc) is 2.69. The number of aromatic nitrogens is 1. The minimum Gasteiger partial charge on any atom is -0.288 e. The van der Waals surface area contributed by atoms with E-state index in [-0.39, 0.29) is 5.43 Å². The van der Waals surface area contributed by atoms with Crippen LogP contribution in [0, 0.1) is 0 Å². The largest absolute Gasteiger partial charge is 0.288 e. The van der Waals surface area contributed by atoms with Crippen molar-refractivity contribution >= 4 is 32.3 Å². The average molecular weight is 213 g/mol. The van der Waals surface area contributed by atoms with E-state index in [2.05, 4.69) is 4.98 Å². The highest BCUT2D eigenvalue weighted by Gasteiger charge is 2.02. The molecule has 0 bridgehead atoms. The molecule has 0 unspecified atom stereocenters. The fourth-order valence-electron chi connectivity index (χ4n) is 1.66. The summed E-state index contributed by atoms with van der Waals surface area (Å²) in [6.07, 6.45) is 1.77. The van der Waals surface area contributed by atoms with Gasteiger partial charge in [-0.1, -0.05) is 12.1 Å². The van der Waals surface area contributed by atoms with Crippen molar-refractivity contribution in [2.24, 2.45) is 0 Å². The van der Waals surface area contributed by atoms with E-state index in [0.717, 1.165) is 15.6 Å². The maximum atomic E-state index is 12.1. The lowest BCUT2D eigenvalue weighted by Crippen LogP contribution is -1.96. The summed E-state index contributed by atoms with van der Waals surface area (Å²) >= 11 is 1.54. The molecular formula is C12H7NOS. The molecule has 0 aliphatic carbocycles. The number of para-hydroxylation sites is 1. The Morgan fingerprint density at radius 1 is 1.07 bits per heavy atom. The second-order valence-corrected chi connectivity index (χ2v) is 4.25. The van der Waals surface area contributed by atoms with Crippen LogP contribution in [-0.2, 0) is 0 Å². The molecule has 2 aromatic heterocycles. The van der Waals surface area contributed by atoms with Crippen molar-refractivity contribution in [3.63, 3.8) is 0 Å². The molecule has 0 fully saturated rings. The van der Waals surface area contributed by atoms with E-state index in [0.29, 0.717) is 5.39 Å². The molecular weight excluding hydrogens is 206 g/mol. The molecule has 2 heterocycles. The van der Waals surface area contributed by atoms with Gasteiger partial charge in [0.25, 0.3) is 0 Å². The zero-order valence-electron chi connectivity index (χ0n) is 7.81. The predicted molar refractivity (Wildman–Crippen MR) is 63.4 cm³/mol. The van der Waals surface area contributed by atoms with Gasteiger partial charge in [0.1, 0.15) is 0 Å². The Morgan fingerprint density at radius 3 is 2.87 bits per heavy atom. The SMILES string of the molecule is O=c1c2ccccc2ncc2sccc12. The van der Waals surface area contributed by atoms with Gasteiger partial charge >= 0.3 is 0 Å². The molecule has 0 aliphatic rings. The quantitative estimate of drug-likeness (QED) is 0.574. The first-order chi connectivity index (χ1) is 7.36. The first-order valence-electron chi connectivity index (χ1n) is 4.61. The monoisotopic (exact) mass is 213 g/mol. The second-order valence-electron chi connectivity index (χ2n) is 3.30. The number of hydrogen-bond donors (Lipinski definition) is 0. The molecule has 0 N–H and O–H groups in total. The van der Waals surface area contributed by atoms with Crippen LogP contribution in [0.15, 0.2) is 46.7 Å². The summed E-state index contributed by atoms with van der Waals surface area (Å²) in [4.78, 5) is 16.4. The number of benzene rings is 1. The second kappa shape index (κ2) is 3.14. The Labute approximate surface area is 89.8 Å². The third-order valence-corrected chi connectivity index (χ3v) is 3.26. The molecule has 72 valence electrons. The summed E-state index contributed by atoms with van der Waals surface area (Å²) in [6.45, 7) is 0. The number of hydrogen-bond acceptors (Lipinski definition) is 3. The van der Waals surface area contributed by atoms with Crippen LogP contribution in [0.4, 0.5) is 0 Å². The van der Waals surface area contributed by atoms with Gasteiger partial charge in [0.05, 0.1) is 10.2 Å². The molecule has 0 spiro atoms. The number of rotatable bonds is 0. The standard InChI is InChI=1S/C12H7NOS/c14-12-8-3-1-2-4-10(8)13-7-11-9(12)5-6-15-11/h1-7H. The van der Waals surface area contributed by atoms with E-state index in [4.69, 9.17) is 0 Å². The van der Waals surface area contributed by atoms with Gasteiger partial charge in [-0.15, -0.1) is 11.3 Å². The van der Waals surface area contributed by atoms with Crippen LogP contribution in [0.5, 0.6) is 0 Å². The maximum absolute atomic E-state index is 12.1. The molecule has 3 rings (SSSR count). The van der Waals surface area contributed by atoms with Crippen LogP contribution < -0.4 is 5.43 Å². The van der Waals surface area contributed by atoms with Gasteiger partial charge in [0.15, 0.2) is 5.43 Å². The summed E-state index contributed by atoms with van der Waals surface area (Å²) in [5, 5.41) is 3.36. The summed E-state index contributed by atoms with van der Waals surface area (Å²) in [5.74, 6) is 0. The fraction of sp³-hybridized carbons (Fsp3) is 0. The lowest BCUT2D eigenvalue weighted by atomic mass is 10.2. The first kappa shape index (κ1) is 8.56. The summed E-state index contributed by atoms with van der Waals surface area (Å²) in [5.41, 5.74) is 0.824. The molecule has 0 saturated heterocycles. The van der Waals surface area contributed by atoms with E-state index < -0.39 is 0 Å². The summed E-state index contributed by atoms with van der Waals surface area (Å²) in [6, 6.07) is 9.30. The molecule has 2 nitrogen and oxygen atoms in total. The van der Waals surface area contributed by atoms with Gasteiger partial charge in [-0.05, 0) is 23.6 Å². The number of fused-ring (bicyclic) bond motifs is 2.